The van der Waals surface area contributed by atoms with Crippen LogP contribution in [0.1, 0.15) is 18.4 Å². The standard InChI is InChI=1S/C14H18N2O3/c1-16-8-11(3-5-14(16)17)15-7-10-2-4-12-13(6-10)19-9-18-12/h2,4,6,11,15H,3,5,7-9H2,1H3. The van der Waals surface area contributed by atoms with Crippen LogP contribution in [0.25, 0.3) is 0 Å². The molecule has 5 nitrogen and oxygen atoms in total. The lowest BCUT2D eigenvalue weighted by Gasteiger charge is -2.30. The van der Waals surface area contributed by atoms with E-state index in [4.69, 9.17) is 9.47 Å². The van der Waals surface area contributed by atoms with E-state index < -0.39 is 0 Å². The SMILES string of the molecule is CN1CC(NCc2ccc3c(c2)OCO3)CCC1=O. The van der Waals surface area contributed by atoms with E-state index in [9.17, 15) is 4.79 Å². The number of nitrogens with one attached hydrogen (secondary N) is 1. The number of hydrogen-bond acceptors (Lipinski definition) is 4. The number of benzene rings is 1. The van der Waals surface area contributed by atoms with Gasteiger partial charge in [-0.25, -0.2) is 0 Å². The molecule has 1 aromatic rings. The maximum absolute atomic E-state index is 11.4. The summed E-state index contributed by atoms with van der Waals surface area (Å²) >= 11 is 0. The number of carbonyl (C=O) groups is 1. The molecule has 102 valence electrons. The summed E-state index contributed by atoms with van der Waals surface area (Å²) in [6.07, 6.45) is 1.54. The van der Waals surface area contributed by atoms with Crippen LogP contribution in [0.5, 0.6) is 11.5 Å². The molecule has 1 fully saturated rings. The smallest absolute Gasteiger partial charge is 0.231 e. The topological polar surface area (TPSA) is 50.8 Å². The Morgan fingerprint density at radius 3 is 3.05 bits per heavy atom. The number of fused-ring (bicyclic) bond motifs is 1. The summed E-state index contributed by atoms with van der Waals surface area (Å²) in [5.74, 6) is 1.86. The molecule has 0 bridgehead atoms. The molecule has 0 radical (unpaired) electrons. The van der Waals surface area contributed by atoms with Crippen LogP contribution in [0, 0.1) is 0 Å². The third-order valence-electron chi connectivity index (χ3n) is 3.66. The summed E-state index contributed by atoms with van der Waals surface area (Å²) in [7, 11) is 1.86. The van der Waals surface area contributed by atoms with Gasteiger partial charge in [-0.15, -0.1) is 0 Å². The van der Waals surface area contributed by atoms with Gasteiger partial charge in [0.2, 0.25) is 12.7 Å². The zero-order valence-corrected chi connectivity index (χ0v) is 11.0. The van der Waals surface area contributed by atoms with Crippen molar-refractivity contribution in [2.24, 2.45) is 0 Å². The molecule has 3 rings (SSSR count). The van der Waals surface area contributed by atoms with E-state index in [-0.39, 0.29) is 5.91 Å². The monoisotopic (exact) mass is 262 g/mol. The molecular formula is C14H18N2O3. The first-order valence-electron chi connectivity index (χ1n) is 6.58. The van der Waals surface area contributed by atoms with Crippen LogP contribution in [0.2, 0.25) is 0 Å². The van der Waals surface area contributed by atoms with Crippen molar-refractivity contribution in [3.05, 3.63) is 23.8 Å². The first kappa shape index (κ1) is 12.3. The van der Waals surface area contributed by atoms with Crippen molar-refractivity contribution >= 4 is 5.91 Å². The molecule has 2 aliphatic rings. The van der Waals surface area contributed by atoms with Gasteiger partial charge in [0.05, 0.1) is 0 Å². The first-order chi connectivity index (χ1) is 9.22. The van der Waals surface area contributed by atoms with Gasteiger partial charge in [0.25, 0.3) is 0 Å². The minimum absolute atomic E-state index is 0.237. The van der Waals surface area contributed by atoms with E-state index in [2.05, 4.69) is 5.32 Å². The van der Waals surface area contributed by atoms with Gasteiger partial charge in [-0.2, -0.15) is 0 Å². The predicted octanol–water partition coefficient (Wildman–Crippen LogP) is 1.13. The highest BCUT2D eigenvalue weighted by Gasteiger charge is 2.22. The largest absolute Gasteiger partial charge is 0.454 e. The number of ether oxygens (including phenoxy) is 2. The minimum atomic E-state index is 0.237. The number of likely N-dealkylation sites (tertiary alicyclic amines) is 1. The normalized spacial score (nSPS) is 21.8. The van der Waals surface area contributed by atoms with Crippen molar-refractivity contribution in [2.45, 2.75) is 25.4 Å². The molecule has 1 atom stereocenters. The number of rotatable bonds is 3. The van der Waals surface area contributed by atoms with Crippen molar-refractivity contribution < 1.29 is 14.3 Å². The van der Waals surface area contributed by atoms with E-state index in [0.29, 0.717) is 19.3 Å². The molecule has 2 aliphatic heterocycles. The fourth-order valence-corrected chi connectivity index (χ4v) is 2.49. The van der Waals surface area contributed by atoms with Gasteiger partial charge in [-0.3, -0.25) is 4.79 Å². The molecule has 0 spiro atoms. The number of piperidine rings is 1. The third kappa shape index (κ3) is 2.66. The molecule has 0 saturated carbocycles. The van der Waals surface area contributed by atoms with Crippen LogP contribution in [0.3, 0.4) is 0 Å². The molecule has 2 heterocycles. The van der Waals surface area contributed by atoms with Gasteiger partial charge in [0.15, 0.2) is 11.5 Å². The second-order valence-corrected chi connectivity index (χ2v) is 5.08. The molecule has 1 aromatic carbocycles. The van der Waals surface area contributed by atoms with Crippen LogP contribution >= 0.6 is 0 Å². The maximum Gasteiger partial charge on any atom is 0.231 e. The summed E-state index contributed by atoms with van der Waals surface area (Å²) in [6.45, 7) is 1.87. The number of amides is 1. The zero-order chi connectivity index (χ0) is 13.2. The van der Waals surface area contributed by atoms with Crippen LogP contribution in [-0.4, -0.2) is 37.2 Å². The van der Waals surface area contributed by atoms with Crippen LogP contribution in [-0.2, 0) is 11.3 Å². The van der Waals surface area contributed by atoms with E-state index in [1.54, 1.807) is 4.90 Å². The molecule has 0 aromatic heterocycles. The summed E-state index contributed by atoms with van der Waals surface area (Å²) in [4.78, 5) is 13.2. The molecule has 5 heteroatoms. The molecule has 1 saturated heterocycles. The molecule has 1 unspecified atom stereocenters. The maximum atomic E-state index is 11.4. The fourth-order valence-electron chi connectivity index (χ4n) is 2.49. The average Bonchev–Trinajstić information content (AvgIpc) is 2.87. The van der Waals surface area contributed by atoms with Gasteiger partial charge >= 0.3 is 0 Å². The lowest BCUT2D eigenvalue weighted by atomic mass is 10.1. The quantitative estimate of drug-likeness (QED) is 0.887. The third-order valence-corrected chi connectivity index (χ3v) is 3.66. The highest BCUT2D eigenvalue weighted by molar-refractivity contribution is 5.76. The van der Waals surface area contributed by atoms with E-state index in [1.807, 2.05) is 25.2 Å². The molecule has 0 aliphatic carbocycles. The Morgan fingerprint density at radius 2 is 2.21 bits per heavy atom. The predicted molar refractivity (Wildman–Crippen MR) is 70.1 cm³/mol. The van der Waals surface area contributed by atoms with Crippen molar-refractivity contribution in [3.63, 3.8) is 0 Å². The van der Waals surface area contributed by atoms with Gasteiger partial charge in [-0.05, 0) is 24.1 Å². The second-order valence-electron chi connectivity index (χ2n) is 5.08. The van der Waals surface area contributed by atoms with Crippen molar-refractivity contribution in [1.82, 2.24) is 10.2 Å². The van der Waals surface area contributed by atoms with Crippen LogP contribution < -0.4 is 14.8 Å². The molecule has 1 N–H and O–H groups in total. The van der Waals surface area contributed by atoms with E-state index >= 15 is 0 Å². The van der Waals surface area contributed by atoms with Gasteiger partial charge < -0.3 is 19.7 Å². The second kappa shape index (κ2) is 5.09. The Bertz CT molecular complexity index is 490. The van der Waals surface area contributed by atoms with Gasteiger partial charge in [0.1, 0.15) is 0 Å². The average molecular weight is 262 g/mol. The zero-order valence-electron chi connectivity index (χ0n) is 11.0. The Hall–Kier alpha value is -1.75. The Balaban J connectivity index is 1.56. The number of nitrogens with zero attached hydrogens (tertiary/aromatic N) is 1. The first-order valence-corrected chi connectivity index (χ1v) is 6.58. The van der Waals surface area contributed by atoms with Crippen molar-refractivity contribution in [2.75, 3.05) is 20.4 Å². The van der Waals surface area contributed by atoms with Crippen LogP contribution in [0.4, 0.5) is 0 Å². The van der Waals surface area contributed by atoms with Crippen molar-refractivity contribution in [3.8, 4) is 11.5 Å². The molecule has 19 heavy (non-hydrogen) atoms. The lowest BCUT2D eigenvalue weighted by Crippen LogP contribution is -2.46. The number of carbonyl (C=O) groups excluding carboxylic acids is 1. The Labute approximate surface area is 112 Å². The summed E-state index contributed by atoms with van der Waals surface area (Å²) in [5.41, 5.74) is 1.17. The van der Waals surface area contributed by atoms with Gasteiger partial charge in [-0.1, -0.05) is 6.07 Å². The van der Waals surface area contributed by atoms with E-state index in [0.717, 1.165) is 31.0 Å². The number of hydrogen-bond donors (Lipinski definition) is 1. The summed E-state index contributed by atoms with van der Waals surface area (Å²) in [6, 6.07) is 6.36. The Morgan fingerprint density at radius 1 is 1.37 bits per heavy atom. The summed E-state index contributed by atoms with van der Waals surface area (Å²) < 4.78 is 10.6. The van der Waals surface area contributed by atoms with Crippen LogP contribution in [0.15, 0.2) is 18.2 Å². The fraction of sp³-hybridized carbons (Fsp3) is 0.500. The highest BCUT2D eigenvalue weighted by atomic mass is 16.7. The molecular weight excluding hydrogens is 244 g/mol. The minimum Gasteiger partial charge on any atom is -0.454 e. The Kier molecular flexibility index (Phi) is 3.29. The summed E-state index contributed by atoms with van der Waals surface area (Å²) in [5, 5.41) is 3.49. The van der Waals surface area contributed by atoms with E-state index in [1.165, 1.54) is 5.56 Å². The lowest BCUT2D eigenvalue weighted by molar-refractivity contribution is -0.132. The van der Waals surface area contributed by atoms with Gasteiger partial charge in [0, 0.05) is 32.6 Å². The highest BCUT2D eigenvalue weighted by Crippen LogP contribution is 2.32. The number of likely N-dealkylation sites (N-methyl/N-ethyl adjacent to an activating group) is 1. The van der Waals surface area contributed by atoms with Crippen molar-refractivity contribution in [1.29, 1.82) is 0 Å². The molecule has 1 amide bonds.